The van der Waals surface area contributed by atoms with Gasteiger partial charge < -0.3 is 9.47 Å². The first-order valence-corrected chi connectivity index (χ1v) is 8.80. The van der Waals surface area contributed by atoms with Crippen molar-refractivity contribution < 1.29 is 9.47 Å². The average molecular weight is 332 g/mol. The maximum atomic E-state index is 5.79. The van der Waals surface area contributed by atoms with Crippen LogP contribution in [0.25, 0.3) is 11.1 Å². The Kier molecular flexibility index (Phi) is 3.72. The summed E-state index contributed by atoms with van der Waals surface area (Å²) < 4.78 is 11.2. The van der Waals surface area contributed by atoms with Gasteiger partial charge in [-0.2, -0.15) is 0 Å². The molecule has 0 amide bonds. The molecule has 0 heterocycles. The third kappa shape index (κ3) is 2.39. The highest BCUT2D eigenvalue weighted by atomic mass is 16.5. The van der Waals surface area contributed by atoms with Crippen LogP contribution in [0.15, 0.2) is 54.1 Å². The van der Waals surface area contributed by atoms with Gasteiger partial charge in [0.05, 0.1) is 14.2 Å². The van der Waals surface area contributed by atoms with Crippen LogP contribution in [0.2, 0.25) is 0 Å². The van der Waals surface area contributed by atoms with Crippen LogP contribution in [-0.4, -0.2) is 14.2 Å². The maximum absolute atomic E-state index is 5.79. The Balaban J connectivity index is 1.90. The Bertz CT molecular complexity index is 901. The predicted molar refractivity (Wildman–Crippen MR) is 103 cm³/mol. The molecule has 25 heavy (non-hydrogen) atoms. The second-order valence-corrected chi connectivity index (χ2v) is 7.32. The van der Waals surface area contributed by atoms with Crippen LogP contribution in [0.5, 0.6) is 11.5 Å². The van der Waals surface area contributed by atoms with Crippen molar-refractivity contribution in [3.8, 4) is 22.6 Å². The number of hydrogen-bond acceptors (Lipinski definition) is 2. The molecule has 0 spiro atoms. The van der Waals surface area contributed by atoms with E-state index in [1.807, 2.05) is 6.07 Å². The van der Waals surface area contributed by atoms with Gasteiger partial charge in [0.15, 0.2) is 0 Å². The zero-order valence-corrected chi connectivity index (χ0v) is 15.3. The highest BCUT2D eigenvalue weighted by molar-refractivity contribution is 5.80. The third-order valence-corrected chi connectivity index (χ3v) is 5.66. The Labute approximate surface area is 149 Å². The molecule has 2 aliphatic rings. The molecule has 0 aromatic heterocycles. The number of methoxy groups -OCH3 is 2. The Morgan fingerprint density at radius 2 is 1.76 bits per heavy atom. The van der Waals surface area contributed by atoms with Gasteiger partial charge in [0.25, 0.3) is 0 Å². The minimum absolute atomic E-state index is 0.0632. The van der Waals surface area contributed by atoms with E-state index in [1.54, 1.807) is 14.2 Å². The van der Waals surface area contributed by atoms with Crippen molar-refractivity contribution in [3.05, 3.63) is 70.8 Å². The van der Waals surface area contributed by atoms with Crippen LogP contribution in [-0.2, 0) is 11.8 Å². The predicted octanol–water partition coefficient (Wildman–Crippen LogP) is 5.44. The summed E-state index contributed by atoms with van der Waals surface area (Å²) in [5.41, 5.74) is 8.05. The zero-order valence-electron chi connectivity index (χ0n) is 15.3. The number of hydrogen-bond donors (Lipinski definition) is 0. The Hall–Kier alpha value is -2.48. The van der Waals surface area contributed by atoms with E-state index < -0.39 is 0 Å². The average Bonchev–Trinajstić information content (AvgIpc) is 3.27. The molecule has 2 nitrogen and oxygen atoms in total. The highest BCUT2D eigenvalue weighted by Crippen LogP contribution is 2.49. The molecule has 128 valence electrons. The molecule has 2 aromatic rings. The van der Waals surface area contributed by atoms with E-state index in [1.165, 1.54) is 33.4 Å². The van der Waals surface area contributed by atoms with Crippen molar-refractivity contribution in [1.29, 1.82) is 0 Å². The molecule has 4 rings (SSSR count). The lowest BCUT2D eigenvalue weighted by molar-refractivity contribution is 0.399. The zero-order chi connectivity index (χ0) is 17.6. The van der Waals surface area contributed by atoms with Crippen LogP contribution in [0.1, 0.15) is 37.0 Å². The van der Waals surface area contributed by atoms with Crippen molar-refractivity contribution >= 4 is 0 Å². The normalized spacial score (nSPS) is 15.0. The van der Waals surface area contributed by atoms with Crippen LogP contribution in [0.4, 0.5) is 0 Å². The van der Waals surface area contributed by atoms with Gasteiger partial charge in [0.1, 0.15) is 11.5 Å². The molecule has 2 aliphatic carbocycles. The molecule has 0 saturated carbocycles. The molecule has 0 radical (unpaired) electrons. The molecule has 2 aromatic carbocycles. The van der Waals surface area contributed by atoms with Gasteiger partial charge in [-0.3, -0.25) is 0 Å². The summed E-state index contributed by atoms with van der Waals surface area (Å²) in [4.78, 5) is 0. The summed E-state index contributed by atoms with van der Waals surface area (Å²) in [6.45, 7) is 4.63. The fourth-order valence-corrected chi connectivity index (χ4v) is 4.29. The molecule has 2 heteroatoms. The van der Waals surface area contributed by atoms with Crippen LogP contribution in [0.3, 0.4) is 0 Å². The minimum Gasteiger partial charge on any atom is -0.497 e. The van der Waals surface area contributed by atoms with Gasteiger partial charge >= 0.3 is 0 Å². The summed E-state index contributed by atoms with van der Waals surface area (Å²) in [6, 6.07) is 10.7. The summed E-state index contributed by atoms with van der Waals surface area (Å²) in [5, 5.41) is 0. The molecule has 0 saturated heterocycles. The Morgan fingerprint density at radius 3 is 2.44 bits per heavy atom. The Morgan fingerprint density at radius 1 is 0.960 bits per heavy atom. The van der Waals surface area contributed by atoms with E-state index in [0.717, 1.165) is 24.3 Å². The van der Waals surface area contributed by atoms with Crippen LogP contribution in [0, 0.1) is 0 Å². The fraction of sp³-hybridized carbons (Fsp3) is 0.304. The lowest BCUT2D eigenvalue weighted by Gasteiger charge is -2.31. The third-order valence-electron chi connectivity index (χ3n) is 5.66. The molecular weight excluding hydrogens is 308 g/mol. The quantitative estimate of drug-likeness (QED) is 0.633. The van der Waals surface area contributed by atoms with Crippen molar-refractivity contribution in [2.24, 2.45) is 0 Å². The van der Waals surface area contributed by atoms with E-state index >= 15 is 0 Å². The first-order valence-electron chi connectivity index (χ1n) is 8.80. The molecule has 0 fully saturated rings. The second-order valence-electron chi connectivity index (χ2n) is 7.32. The lowest BCUT2D eigenvalue weighted by Crippen LogP contribution is -2.22. The topological polar surface area (TPSA) is 18.5 Å². The fourth-order valence-electron chi connectivity index (χ4n) is 4.29. The standard InChI is InChI=1S/C23H24O2/c1-23(2,16-7-5-6-8-16)22-20-14-15-13-17(24-3)9-10-18(15)19(20)11-12-21(22)25-4/h5-7,9-13H,8,14H2,1-4H3. The number of ether oxygens (including phenoxy) is 2. The summed E-state index contributed by atoms with van der Waals surface area (Å²) in [6.07, 6.45) is 8.59. The second kappa shape index (κ2) is 5.80. The number of benzene rings is 2. The van der Waals surface area contributed by atoms with E-state index in [9.17, 15) is 0 Å². The van der Waals surface area contributed by atoms with Crippen molar-refractivity contribution in [3.63, 3.8) is 0 Å². The molecule has 0 atom stereocenters. The monoisotopic (exact) mass is 332 g/mol. The molecule has 0 unspecified atom stereocenters. The maximum Gasteiger partial charge on any atom is 0.123 e. The minimum atomic E-state index is -0.0632. The first kappa shape index (κ1) is 16.0. The van der Waals surface area contributed by atoms with Gasteiger partial charge in [-0.15, -0.1) is 0 Å². The van der Waals surface area contributed by atoms with Crippen LogP contribution >= 0.6 is 0 Å². The van der Waals surface area contributed by atoms with Gasteiger partial charge in [-0.05, 0) is 53.3 Å². The number of rotatable bonds is 4. The van der Waals surface area contributed by atoms with Gasteiger partial charge in [-0.1, -0.05) is 49.8 Å². The summed E-state index contributed by atoms with van der Waals surface area (Å²) in [5.74, 6) is 1.90. The largest absolute Gasteiger partial charge is 0.497 e. The van der Waals surface area contributed by atoms with Crippen LogP contribution < -0.4 is 9.47 Å². The summed E-state index contributed by atoms with van der Waals surface area (Å²) in [7, 11) is 3.49. The van der Waals surface area contributed by atoms with Gasteiger partial charge in [0, 0.05) is 11.0 Å². The highest BCUT2D eigenvalue weighted by Gasteiger charge is 2.35. The smallest absolute Gasteiger partial charge is 0.123 e. The van der Waals surface area contributed by atoms with E-state index in [-0.39, 0.29) is 5.41 Å². The van der Waals surface area contributed by atoms with E-state index in [4.69, 9.17) is 9.47 Å². The molecule has 0 bridgehead atoms. The van der Waals surface area contributed by atoms with Crippen molar-refractivity contribution in [2.45, 2.75) is 32.1 Å². The number of fused-ring (bicyclic) bond motifs is 3. The van der Waals surface area contributed by atoms with E-state index in [0.29, 0.717) is 0 Å². The SMILES string of the molecule is COc1ccc2c(c1)Cc1c-2ccc(OC)c1C(C)(C)C1=CC=CC1. The molecule has 0 aliphatic heterocycles. The molecule has 0 N–H and O–H groups in total. The van der Waals surface area contributed by atoms with Gasteiger partial charge in [0.2, 0.25) is 0 Å². The number of allylic oxidation sites excluding steroid dienone is 4. The first-order chi connectivity index (χ1) is 12.1. The lowest BCUT2D eigenvalue weighted by atomic mass is 9.73. The summed E-state index contributed by atoms with van der Waals surface area (Å²) >= 11 is 0. The van der Waals surface area contributed by atoms with Crippen molar-refractivity contribution in [1.82, 2.24) is 0 Å². The molecular formula is C23H24O2. The van der Waals surface area contributed by atoms with Crippen molar-refractivity contribution in [2.75, 3.05) is 14.2 Å². The van der Waals surface area contributed by atoms with Gasteiger partial charge in [-0.25, -0.2) is 0 Å². The van der Waals surface area contributed by atoms with E-state index in [2.05, 4.69) is 56.3 Å².